The van der Waals surface area contributed by atoms with Crippen LogP contribution in [0, 0.1) is 30.4 Å². The molecule has 2 amide bonds. The monoisotopic (exact) mass is 426 g/mol. The summed E-state index contributed by atoms with van der Waals surface area (Å²) >= 11 is 1.59. The van der Waals surface area contributed by atoms with E-state index in [9.17, 15) is 13.6 Å². The summed E-state index contributed by atoms with van der Waals surface area (Å²) in [5, 5.41) is 8.90. The number of thiazole rings is 1. The molecular formula is C22H20F2N4OS. The van der Waals surface area contributed by atoms with Crippen molar-refractivity contribution in [1.82, 2.24) is 10.3 Å². The fraction of sp³-hybridized carbons (Fsp3) is 0.273. The number of piperidine rings is 1. The average molecular weight is 426 g/mol. The molecule has 5 rings (SSSR count). The largest absolute Gasteiger partial charge is 0.368 e. The molecule has 2 N–H and O–H groups in total. The summed E-state index contributed by atoms with van der Waals surface area (Å²) in [4.78, 5) is 18.8. The SMILES string of the molecule is Cc1nc(-c2cccc(NC(=O)N[C@H]3[C@@H]4CN(c5ccc(F)cc5F)C[C@@H]43)c2)cs1. The van der Waals surface area contributed by atoms with Crippen LogP contribution in [-0.2, 0) is 0 Å². The predicted molar refractivity (Wildman–Crippen MR) is 114 cm³/mol. The molecule has 1 aliphatic carbocycles. The zero-order valence-corrected chi connectivity index (χ0v) is 17.0. The highest BCUT2D eigenvalue weighted by molar-refractivity contribution is 7.09. The van der Waals surface area contributed by atoms with Crippen LogP contribution in [0.4, 0.5) is 25.0 Å². The van der Waals surface area contributed by atoms with Crippen LogP contribution in [0.1, 0.15) is 5.01 Å². The molecule has 5 nitrogen and oxygen atoms in total. The van der Waals surface area contributed by atoms with Crippen molar-refractivity contribution in [2.24, 2.45) is 11.8 Å². The molecule has 0 spiro atoms. The Kier molecular flexibility index (Phi) is 4.66. The van der Waals surface area contributed by atoms with Gasteiger partial charge in [-0.3, -0.25) is 0 Å². The molecule has 3 aromatic rings. The first kappa shape index (κ1) is 19.0. The van der Waals surface area contributed by atoms with Crippen molar-refractivity contribution in [2.45, 2.75) is 13.0 Å². The van der Waals surface area contributed by atoms with Crippen molar-refractivity contribution in [1.29, 1.82) is 0 Å². The highest BCUT2D eigenvalue weighted by atomic mass is 32.1. The zero-order chi connectivity index (χ0) is 20.8. The highest BCUT2D eigenvalue weighted by Crippen LogP contribution is 2.47. The molecule has 0 radical (unpaired) electrons. The number of fused-ring (bicyclic) bond motifs is 1. The molecule has 2 aliphatic rings. The van der Waals surface area contributed by atoms with E-state index in [0.29, 0.717) is 24.5 Å². The van der Waals surface area contributed by atoms with Crippen LogP contribution in [0.2, 0.25) is 0 Å². The number of nitrogens with one attached hydrogen (secondary N) is 2. The summed E-state index contributed by atoms with van der Waals surface area (Å²) in [5.41, 5.74) is 2.97. The number of carbonyl (C=O) groups is 1. The third kappa shape index (κ3) is 3.63. The summed E-state index contributed by atoms with van der Waals surface area (Å²) in [6, 6.07) is 11.1. The summed E-state index contributed by atoms with van der Waals surface area (Å²) < 4.78 is 27.1. The minimum absolute atomic E-state index is 0.0779. The second-order valence-corrected chi connectivity index (χ2v) is 8.85. The van der Waals surface area contributed by atoms with Gasteiger partial charge in [-0.1, -0.05) is 12.1 Å². The van der Waals surface area contributed by atoms with E-state index in [4.69, 9.17) is 0 Å². The van der Waals surface area contributed by atoms with E-state index in [0.717, 1.165) is 22.3 Å². The smallest absolute Gasteiger partial charge is 0.319 e. The van der Waals surface area contributed by atoms with Crippen molar-refractivity contribution < 1.29 is 13.6 Å². The van der Waals surface area contributed by atoms with Gasteiger partial charge in [-0.15, -0.1) is 11.3 Å². The summed E-state index contributed by atoms with van der Waals surface area (Å²) in [6.45, 7) is 3.26. The average Bonchev–Trinajstić information content (AvgIpc) is 3.06. The third-order valence-electron chi connectivity index (χ3n) is 5.78. The van der Waals surface area contributed by atoms with Gasteiger partial charge in [0.25, 0.3) is 0 Å². The number of hydrogen-bond donors (Lipinski definition) is 2. The maximum atomic E-state index is 14.0. The molecule has 1 saturated carbocycles. The van der Waals surface area contributed by atoms with E-state index in [-0.39, 0.29) is 23.9 Å². The Morgan fingerprint density at radius 2 is 1.97 bits per heavy atom. The number of benzene rings is 2. The van der Waals surface area contributed by atoms with E-state index >= 15 is 0 Å². The predicted octanol–water partition coefficient (Wildman–Crippen LogP) is 4.65. The van der Waals surface area contributed by atoms with E-state index in [1.807, 2.05) is 41.5 Å². The van der Waals surface area contributed by atoms with Gasteiger partial charge in [0.1, 0.15) is 11.6 Å². The van der Waals surface area contributed by atoms with Gasteiger partial charge < -0.3 is 15.5 Å². The number of nitrogens with zero attached hydrogens (tertiary/aromatic N) is 2. The van der Waals surface area contributed by atoms with E-state index < -0.39 is 11.6 Å². The van der Waals surface area contributed by atoms with Crippen LogP contribution in [0.3, 0.4) is 0 Å². The molecule has 0 bridgehead atoms. The van der Waals surface area contributed by atoms with Gasteiger partial charge in [0, 0.05) is 53.7 Å². The maximum Gasteiger partial charge on any atom is 0.319 e. The zero-order valence-electron chi connectivity index (χ0n) is 16.2. The van der Waals surface area contributed by atoms with Crippen molar-refractivity contribution in [3.05, 3.63) is 64.5 Å². The van der Waals surface area contributed by atoms with Crippen LogP contribution in [0.15, 0.2) is 47.8 Å². The van der Waals surface area contributed by atoms with Gasteiger partial charge in [-0.05, 0) is 31.2 Å². The molecule has 1 aromatic heterocycles. The topological polar surface area (TPSA) is 57.3 Å². The normalized spacial score (nSPS) is 22.0. The van der Waals surface area contributed by atoms with E-state index in [2.05, 4.69) is 15.6 Å². The van der Waals surface area contributed by atoms with Gasteiger partial charge >= 0.3 is 6.03 Å². The summed E-state index contributed by atoms with van der Waals surface area (Å²) in [5.74, 6) is -0.561. The number of amides is 2. The van der Waals surface area contributed by atoms with Crippen LogP contribution >= 0.6 is 11.3 Å². The van der Waals surface area contributed by atoms with E-state index in [1.54, 1.807) is 11.3 Å². The Bertz CT molecular complexity index is 1110. The number of urea groups is 1. The molecule has 2 fully saturated rings. The quantitative estimate of drug-likeness (QED) is 0.638. The van der Waals surface area contributed by atoms with Crippen molar-refractivity contribution in [3.8, 4) is 11.3 Å². The lowest BCUT2D eigenvalue weighted by Crippen LogP contribution is -2.37. The molecule has 2 heterocycles. The number of halogens is 2. The minimum atomic E-state index is -0.578. The molecule has 8 heteroatoms. The molecule has 2 aromatic carbocycles. The Morgan fingerprint density at radius 3 is 2.67 bits per heavy atom. The lowest BCUT2D eigenvalue weighted by molar-refractivity contribution is 0.250. The first-order valence-electron chi connectivity index (χ1n) is 9.78. The Balaban J connectivity index is 1.17. The van der Waals surface area contributed by atoms with Crippen LogP contribution in [0.5, 0.6) is 0 Å². The maximum absolute atomic E-state index is 14.0. The molecule has 1 saturated heterocycles. The fourth-order valence-corrected chi connectivity index (χ4v) is 4.87. The number of rotatable bonds is 4. The Morgan fingerprint density at radius 1 is 1.17 bits per heavy atom. The van der Waals surface area contributed by atoms with Crippen molar-refractivity contribution in [2.75, 3.05) is 23.3 Å². The second-order valence-electron chi connectivity index (χ2n) is 7.79. The number of aryl methyl sites for hydroxylation is 1. The minimum Gasteiger partial charge on any atom is -0.368 e. The molecular weight excluding hydrogens is 406 g/mol. The van der Waals surface area contributed by atoms with Crippen LogP contribution in [-0.4, -0.2) is 30.1 Å². The molecule has 1 aliphatic heterocycles. The van der Waals surface area contributed by atoms with Gasteiger partial charge in [0.2, 0.25) is 0 Å². The van der Waals surface area contributed by atoms with E-state index in [1.165, 1.54) is 12.1 Å². The standard InChI is InChI=1S/C22H20F2N4OS/c1-12-25-19(11-30-12)13-3-2-4-15(7-13)26-22(29)27-21-16-9-28(10-17(16)21)20-6-5-14(23)8-18(20)24/h2-8,11,16-17,21H,9-10H2,1H3,(H2,26,27,29)/t16-,17+,21+. The third-order valence-corrected chi connectivity index (χ3v) is 6.55. The van der Waals surface area contributed by atoms with Crippen molar-refractivity contribution in [3.63, 3.8) is 0 Å². The second kappa shape index (κ2) is 7.36. The molecule has 30 heavy (non-hydrogen) atoms. The molecule has 154 valence electrons. The van der Waals surface area contributed by atoms with Gasteiger partial charge in [-0.25, -0.2) is 18.6 Å². The first-order chi connectivity index (χ1) is 14.5. The van der Waals surface area contributed by atoms with Crippen molar-refractivity contribution >= 4 is 28.7 Å². The van der Waals surface area contributed by atoms with Crippen LogP contribution in [0.25, 0.3) is 11.3 Å². The fourth-order valence-electron chi connectivity index (χ4n) is 4.25. The first-order valence-corrected chi connectivity index (χ1v) is 10.7. The molecule has 0 unspecified atom stereocenters. The summed E-state index contributed by atoms with van der Waals surface area (Å²) in [6.07, 6.45) is 0. The lowest BCUT2D eigenvalue weighted by atomic mass is 10.1. The van der Waals surface area contributed by atoms with Gasteiger partial charge in [0.05, 0.1) is 16.4 Å². The van der Waals surface area contributed by atoms with Gasteiger partial charge in [0.15, 0.2) is 0 Å². The van der Waals surface area contributed by atoms with Crippen LogP contribution < -0.4 is 15.5 Å². The lowest BCUT2D eigenvalue weighted by Gasteiger charge is -2.23. The number of hydrogen-bond acceptors (Lipinski definition) is 4. The molecule has 3 atom stereocenters. The Labute approximate surface area is 176 Å². The Hall–Kier alpha value is -3.00. The van der Waals surface area contributed by atoms with Gasteiger partial charge in [-0.2, -0.15) is 0 Å². The number of aromatic nitrogens is 1. The number of anilines is 2. The summed E-state index contributed by atoms with van der Waals surface area (Å²) in [7, 11) is 0. The highest BCUT2D eigenvalue weighted by Gasteiger charge is 2.56. The number of carbonyl (C=O) groups excluding carboxylic acids is 1.